The molecule has 0 radical (unpaired) electrons. The first kappa shape index (κ1) is 14.7. The maximum Gasteiger partial charge on any atom is 0.0816 e. The first-order valence-electron chi connectivity index (χ1n) is 6.29. The van der Waals surface area contributed by atoms with Crippen molar-refractivity contribution in [3.63, 3.8) is 0 Å². The van der Waals surface area contributed by atoms with E-state index in [1.807, 2.05) is 11.3 Å². The molecule has 0 atom stereocenters. The molecule has 0 saturated carbocycles. The second-order valence-electron chi connectivity index (χ2n) is 5.79. The fourth-order valence-corrected chi connectivity index (χ4v) is 2.27. The van der Waals surface area contributed by atoms with E-state index in [0.717, 1.165) is 19.7 Å². The summed E-state index contributed by atoms with van der Waals surface area (Å²) < 4.78 is 5.76. The number of hydrogen-bond donors (Lipinski definition) is 1. The Morgan fingerprint density at radius 1 is 1.24 bits per heavy atom. The molecule has 0 amide bonds. The van der Waals surface area contributed by atoms with Crippen LogP contribution < -0.4 is 5.32 Å². The van der Waals surface area contributed by atoms with Crippen molar-refractivity contribution in [1.82, 2.24) is 5.32 Å². The molecule has 0 unspecified atom stereocenters. The van der Waals surface area contributed by atoms with Crippen molar-refractivity contribution in [3.05, 3.63) is 21.9 Å². The largest absolute Gasteiger partial charge is 0.370 e. The summed E-state index contributed by atoms with van der Waals surface area (Å²) in [6.45, 7) is 13.5. The fourth-order valence-electron chi connectivity index (χ4n) is 1.37. The van der Waals surface area contributed by atoms with E-state index in [2.05, 4.69) is 52.1 Å². The predicted molar refractivity (Wildman–Crippen MR) is 75.4 cm³/mol. The highest BCUT2D eigenvalue weighted by Crippen LogP contribution is 2.19. The lowest BCUT2D eigenvalue weighted by molar-refractivity contribution is -0.0136. The van der Waals surface area contributed by atoms with Crippen LogP contribution in [-0.4, -0.2) is 12.1 Å². The number of thiophene rings is 1. The molecule has 1 heterocycles. The van der Waals surface area contributed by atoms with Gasteiger partial charge in [-0.15, -0.1) is 11.3 Å². The highest BCUT2D eigenvalue weighted by atomic mass is 32.1. The molecule has 0 fully saturated rings. The highest BCUT2D eigenvalue weighted by molar-refractivity contribution is 7.11. The maximum atomic E-state index is 5.76. The van der Waals surface area contributed by atoms with Crippen molar-refractivity contribution in [2.75, 3.05) is 6.54 Å². The zero-order valence-electron chi connectivity index (χ0n) is 11.7. The Morgan fingerprint density at radius 2 is 1.88 bits per heavy atom. The van der Waals surface area contributed by atoms with E-state index in [-0.39, 0.29) is 5.60 Å². The minimum absolute atomic E-state index is 0.0555. The van der Waals surface area contributed by atoms with Gasteiger partial charge in [-0.05, 0) is 45.4 Å². The molecule has 0 aliphatic carbocycles. The standard InChI is InChI=1S/C14H25NOS/c1-11(2)8-15-9-12-6-7-13(17-12)10-16-14(3,4)5/h6-7,11,15H,8-10H2,1-5H3. The Labute approximate surface area is 109 Å². The molecule has 0 bridgehead atoms. The van der Waals surface area contributed by atoms with Gasteiger partial charge in [0.1, 0.15) is 0 Å². The third kappa shape index (κ3) is 6.81. The Kier molecular flexibility index (Phi) is 5.63. The number of nitrogens with one attached hydrogen (secondary N) is 1. The van der Waals surface area contributed by atoms with Crippen LogP contribution in [0, 0.1) is 5.92 Å². The molecule has 98 valence electrons. The summed E-state index contributed by atoms with van der Waals surface area (Å²) in [5.41, 5.74) is -0.0555. The minimum atomic E-state index is -0.0555. The van der Waals surface area contributed by atoms with Crippen molar-refractivity contribution in [1.29, 1.82) is 0 Å². The summed E-state index contributed by atoms with van der Waals surface area (Å²) in [6.07, 6.45) is 0. The van der Waals surface area contributed by atoms with E-state index in [4.69, 9.17) is 4.74 Å². The van der Waals surface area contributed by atoms with E-state index in [9.17, 15) is 0 Å². The summed E-state index contributed by atoms with van der Waals surface area (Å²) >= 11 is 1.84. The molecule has 0 spiro atoms. The molecule has 1 aromatic rings. The topological polar surface area (TPSA) is 21.3 Å². The average Bonchev–Trinajstić information content (AvgIpc) is 2.61. The van der Waals surface area contributed by atoms with Crippen LogP contribution in [0.4, 0.5) is 0 Å². The lowest BCUT2D eigenvalue weighted by Crippen LogP contribution is -2.18. The first-order chi connectivity index (χ1) is 7.87. The fraction of sp³-hybridized carbons (Fsp3) is 0.714. The second-order valence-corrected chi connectivity index (χ2v) is 7.05. The maximum absolute atomic E-state index is 5.76. The van der Waals surface area contributed by atoms with Crippen molar-refractivity contribution in [2.24, 2.45) is 5.92 Å². The van der Waals surface area contributed by atoms with Gasteiger partial charge in [0.2, 0.25) is 0 Å². The van der Waals surface area contributed by atoms with E-state index in [1.165, 1.54) is 9.75 Å². The predicted octanol–water partition coefficient (Wildman–Crippen LogP) is 3.81. The van der Waals surface area contributed by atoms with Crippen LogP contribution in [-0.2, 0) is 17.9 Å². The Bertz CT molecular complexity index is 325. The molecule has 0 aliphatic heterocycles. The van der Waals surface area contributed by atoms with E-state index < -0.39 is 0 Å². The number of hydrogen-bond acceptors (Lipinski definition) is 3. The zero-order chi connectivity index (χ0) is 12.9. The van der Waals surface area contributed by atoms with E-state index >= 15 is 0 Å². The van der Waals surface area contributed by atoms with Gasteiger partial charge in [0, 0.05) is 16.3 Å². The summed E-state index contributed by atoms with van der Waals surface area (Å²) in [5, 5.41) is 3.46. The van der Waals surface area contributed by atoms with Crippen molar-refractivity contribution >= 4 is 11.3 Å². The molecule has 3 heteroatoms. The van der Waals surface area contributed by atoms with Crippen LogP contribution in [0.25, 0.3) is 0 Å². The number of rotatable bonds is 6. The Hall–Kier alpha value is -0.380. The van der Waals surface area contributed by atoms with Crippen LogP contribution in [0.15, 0.2) is 12.1 Å². The normalized spacial score (nSPS) is 12.4. The van der Waals surface area contributed by atoms with E-state index in [0.29, 0.717) is 5.92 Å². The summed E-state index contributed by atoms with van der Waals surface area (Å²) in [4.78, 5) is 2.69. The lowest BCUT2D eigenvalue weighted by atomic mass is 10.2. The molecule has 0 aromatic carbocycles. The van der Waals surface area contributed by atoms with Gasteiger partial charge in [-0.1, -0.05) is 13.8 Å². The van der Waals surface area contributed by atoms with Crippen LogP contribution in [0.5, 0.6) is 0 Å². The van der Waals surface area contributed by atoms with Gasteiger partial charge in [0.05, 0.1) is 12.2 Å². The van der Waals surface area contributed by atoms with Gasteiger partial charge in [-0.2, -0.15) is 0 Å². The molecular weight excluding hydrogens is 230 g/mol. The van der Waals surface area contributed by atoms with Crippen molar-refractivity contribution in [3.8, 4) is 0 Å². The summed E-state index contributed by atoms with van der Waals surface area (Å²) in [5.74, 6) is 0.707. The Balaban J connectivity index is 2.32. The van der Waals surface area contributed by atoms with Gasteiger partial charge in [0.25, 0.3) is 0 Å². The van der Waals surface area contributed by atoms with Crippen molar-refractivity contribution in [2.45, 2.75) is 53.4 Å². The quantitative estimate of drug-likeness (QED) is 0.834. The van der Waals surface area contributed by atoms with E-state index in [1.54, 1.807) is 0 Å². The molecule has 17 heavy (non-hydrogen) atoms. The van der Waals surface area contributed by atoms with Gasteiger partial charge in [0.15, 0.2) is 0 Å². The molecule has 1 rings (SSSR count). The van der Waals surface area contributed by atoms with Crippen LogP contribution in [0.2, 0.25) is 0 Å². The lowest BCUT2D eigenvalue weighted by Gasteiger charge is -2.18. The molecule has 1 aromatic heterocycles. The van der Waals surface area contributed by atoms with Crippen LogP contribution >= 0.6 is 11.3 Å². The molecule has 2 nitrogen and oxygen atoms in total. The Morgan fingerprint density at radius 3 is 2.47 bits per heavy atom. The summed E-state index contributed by atoms with van der Waals surface area (Å²) in [7, 11) is 0. The summed E-state index contributed by atoms with van der Waals surface area (Å²) in [6, 6.07) is 4.36. The highest BCUT2D eigenvalue weighted by Gasteiger charge is 2.10. The van der Waals surface area contributed by atoms with Crippen LogP contribution in [0.3, 0.4) is 0 Å². The van der Waals surface area contributed by atoms with Gasteiger partial charge in [-0.25, -0.2) is 0 Å². The second kappa shape index (κ2) is 6.53. The average molecular weight is 255 g/mol. The third-order valence-corrected chi connectivity index (χ3v) is 3.28. The molecule has 0 saturated heterocycles. The third-order valence-electron chi connectivity index (χ3n) is 2.22. The van der Waals surface area contributed by atoms with Crippen LogP contribution in [0.1, 0.15) is 44.4 Å². The first-order valence-corrected chi connectivity index (χ1v) is 7.11. The van der Waals surface area contributed by atoms with Gasteiger partial charge in [-0.3, -0.25) is 0 Å². The monoisotopic (exact) mass is 255 g/mol. The van der Waals surface area contributed by atoms with Gasteiger partial charge >= 0.3 is 0 Å². The molecule has 1 N–H and O–H groups in total. The SMILES string of the molecule is CC(C)CNCc1ccc(COC(C)(C)C)s1. The number of ether oxygens (including phenoxy) is 1. The molecular formula is C14H25NOS. The zero-order valence-corrected chi connectivity index (χ0v) is 12.5. The van der Waals surface area contributed by atoms with Crippen molar-refractivity contribution < 1.29 is 4.74 Å². The van der Waals surface area contributed by atoms with Gasteiger partial charge < -0.3 is 10.1 Å². The minimum Gasteiger partial charge on any atom is -0.370 e. The molecule has 0 aliphatic rings. The smallest absolute Gasteiger partial charge is 0.0816 e.